The number of phenolic OH excluding ortho intramolecular Hbond substituents is 1. The van der Waals surface area contributed by atoms with Gasteiger partial charge in [-0.15, -0.1) is 0 Å². The van der Waals surface area contributed by atoms with Crippen LogP contribution in [-0.2, 0) is 14.3 Å². The molecule has 0 saturated heterocycles. The number of nitrogens with one attached hydrogen (secondary N) is 2. The molecule has 0 spiro atoms. The first-order valence-electron chi connectivity index (χ1n) is 11.1. The summed E-state index contributed by atoms with van der Waals surface area (Å²) < 4.78 is 25.1. The van der Waals surface area contributed by atoms with Crippen molar-refractivity contribution in [2.75, 3.05) is 23.5 Å². The molecular weight excluding hydrogens is 481 g/mol. The number of hydrogen-bond donors (Lipinski definition) is 4. The van der Waals surface area contributed by atoms with E-state index in [-0.39, 0.29) is 11.3 Å². The minimum atomic E-state index is -1.21. The van der Waals surface area contributed by atoms with Gasteiger partial charge in [-0.1, -0.05) is 18.2 Å². The number of halogens is 1. The fourth-order valence-corrected chi connectivity index (χ4v) is 3.35. The third-order valence-electron chi connectivity index (χ3n) is 5.30. The number of hydrogen-bond acceptors (Lipinski definition) is 7. The van der Waals surface area contributed by atoms with Crippen molar-refractivity contribution in [3.63, 3.8) is 0 Å². The number of carbonyl (C=O) groups is 3. The predicted octanol–water partition coefficient (Wildman–Crippen LogP) is 4.82. The Kier molecular flexibility index (Phi) is 8.95. The third-order valence-corrected chi connectivity index (χ3v) is 5.30. The standard InChI is InChI=1S/C27H26FN3O6/c1-16(32)17-7-10-19(11-8-17)30-27(35)37-26(18-9-12-23(33)20(28)15-18)24(36-2)13-14-25(34)31-22-6-4-3-5-21(22)29/h3-15,24,26,33H,29H2,1-2H3,(H,30,35)(H,31,34)/b14-13+/t24-,26-/m1/s1. The van der Waals surface area contributed by atoms with Crippen molar-refractivity contribution in [1.29, 1.82) is 0 Å². The quantitative estimate of drug-likeness (QED) is 0.185. The number of phenols is 1. The highest BCUT2D eigenvalue weighted by atomic mass is 19.1. The van der Waals surface area contributed by atoms with Gasteiger partial charge in [0.1, 0.15) is 6.10 Å². The van der Waals surface area contributed by atoms with E-state index >= 15 is 0 Å². The number of benzene rings is 3. The number of Topliss-reactive ketones (excluding diaryl/α,β-unsaturated/α-hetero) is 1. The molecule has 0 aromatic heterocycles. The number of anilines is 3. The highest BCUT2D eigenvalue weighted by Gasteiger charge is 2.27. The van der Waals surface area contributed by atoms with Gasteiger partial charge in [-0.05, 0) is 67.1 Å². The van der Waals surface area contributed by atoms with Gasteiger partial charge in [-0.25, -0.2) is 9.18 Å². The normalized spacial score (nSPS) is 12.5. The zero-order valence-corrected chi connectivity index (χ0v) is 20.1. The predicted molar refractivity (Wildman–Crippen MR) is 137 cm³/mol. The molecule has 2 atom stereocenters. The van der Waals surface area contributed by atoms with Crippen LogP contribution < -0.4 is 16.4 Å². The van der Waals surface area contributed by atoms with Crippen LogP contribution in [0.15, 0.2) is 78.9 Å². The molecule has 0 fully saturated rings. The molecule has 2 amide bonds. The van der Waals surface area contributed by atoms with Gasteiger partial charge in [0, 0.05) is 24.4 Å². The Balaban J connectivity index is 1.80. The maximum atomic E-state index is 14.1. The second-order valence-electron chi connectivity index (χ2n) is 7.93. The average Bonchev–Trinajstić information content (AvgIpc) is 2.87. The molecule has 10 heteroatoms. The van der Waals surface area contributed by atoms with Crippen LogP contribution in [0.2, 0.25) is 0 Å². The minimum Gasteiger partial charge on any atom is -0.505 e. The van der Waals surface area contributed by atoms with Gasteiger partial charge >= 0.3 is 6.09 Å². The number of carbonyl (C=O) groups excluding carboxylic acids is 3. The summed E-state index contributed by atoms with van der Waals surface area (Å²) in [4.78, 5) is 36.6. The molecule has 3 aromatic carbocycles. The summed E-state index contributed by atoms with van der Waals surface area (Å²) in [5.41, 5.74) is 7.62. The topological polar surface area (TPSA) is 140 Å². The Hall–Kier alpha value is -4.70. The minimum absolute atomic E-state index is 0.128. The molecule has 0 saturated carbocycles. The average molecular weight is 508 g/mol. The lowest BCUT2D eigenvalue weighted by molar-refractivity contribution is -0.112. The fourth-order valence-electron chi connectivity index (χ4n) is 3.35. The van der Waals surface area contributed by atoms with Crippen molar-refractivity contribution in [2.24, 2.45) is 0 Å². The van der Waals surface area contributed by atoms with E-state index in [0.717, 1.165) is 12.1 Å². The van der Waals surface area contributed by atoms with Gasteiger partial charge in [0.25, 0.3) is 0 Å². The SMILES string of the molecule is CO[C@H](/C=C/C(=O)Nc1ccccc1N)[C@H](OC(=O)Nc1ccc(C(C)=O)cc1)c1ccc(O)c(F)c1. The van der Waals surface area contributed by atoms with Crippen molar-refractivity contribution >= 4 is 34.8 Å². The fraction of sp³-hybridized carbons (Fsp3) is 0.148. The maximum absolute atomic E-state index is 14.1. The van der Waals surface area contributed by atoms with Crippen LogP contribution in [0.4, 0.5) is 26.2 Å². The summed E-state index contributed by atoms with van der Waals surface area (Å²) >= 11 is 0. The lowest BCUT2D eigenvalue weighted by atomic mass is 10.0. The summed E-state index contributed by atoms with van der Waals surface area (Å²) in [7, 11) is 1.33. The monoisotopic (exact) mass is 507 g/mol. The summed E-state index contributed by atoms with van der Waals surface area (Å²) in [6.45, 7) is 1.42. The number of para-hydroxylation sites is 2. The summed E-state index contributed by atoms with van der Waals surface area (Å²) in [5.74, 6) is -2.16. The van der Waals surface area contributed by atoms with Crippen molar-refractivity contribution < 1.29 is 33.4 Å². The highest BCUT2D eigenvalue weighted by molar-refractivity contribution is 6.01. The molecule has 0 radical (unpaired) electrons. The number of methoxy groups -OCH3 is 1. The van der Waals surface area contributed by atoms with Gasteiger partial charge in [0.05, 0.1) is 11.4 Å². The second kappa shape index (κ2) is 12.3. The van der Waals surface area contributed by atoms with Crippen molar-refractivity contribution in [2.45, 2.75) is 19.1 Å². The Labute approximate surface area is 212 Å². The second-order valence-corrected chi connectivity index (χ2v) is 7.93. The van der Waals surface area contributed by atoms with Crippen LogP contribution >= 0.6 is 0 Å². The molecule has 3 aromatic rings. The van der Waals surface area contributed by atoms with Crippen LogP contribution in [0.5, 0.6) is 5.75 Å². The lowest BCUT2D eigenvalue weighted by Crippen LogP contribution is -2.27. The maximum Gasteiger partial charge on any atom is 0.412 e. The number of ketones is 1. The van der Waals surface area contributed by atoms with E-state index in [0.29, 0.717) is 22.6 Å². The van der Waals surface area contributed by atoms with E-state index in [1.54, 1.807) is 36.4 Å². The molecule has 0 unspecified atom stereocenters. The lowest BCUT2D eigenvalue weighted by Gasteiger charge is -2.24. The van der Waals surface area contributed by atoms with Gasteiger partial charge < -0.3 is 25.6 Å². The molecule has 37 heavy (non-hydrogen) atoms. The van der Waals surface area contributed by atoms with E-state index in [2.05, 4.69) is 10.6 Å². The molecule has 0 heterocycles. The number of amides is 2. The van der Waals surface area contributed by atoms with Gasteiger partial charge in [0.15, 0.2) is 23.5 Å². The first-order valence-corrected chi connectivity index (χ1v) is 11.1. The number of nitrogen functional groups attached to an aromatic ring is 1. The van der Waals surface area contributed by atoms with Crippen molar-refractivity contribution in [3.05, 3.63) is 95.8 Å². The number of rotatable bonds is 9. The van der Waals surface area contributed by atoms with Crippen molar-refractivity contribution in [1.82, 2.24) is 0 Å². The van der Waals surface area contributed by atoms with Crippen LogP contribution in [0.25, 0.3) is 0 Å². The Morgan fingerprint density at radius 1 is 1.03 bits per heavy atom. The molecule has 192 valence electrons. The molecule has 0 bridgehead atoms. The van der Waals surface area contributed by atoms with E-state index in [1.165, 1.54) is 44.4 Å². The molecule has 0 aliphatic carbocycles. The Morgan fingerprint density at radius 3 is 2.35 bits per heavy atom. The van der Waals surface area contributed by atoms with Gasteiger partial charge in [0.2, 0.25) is 5.91 Å². The molecule has 5 N–H and O–H groups in total. The number of nitrogens with two attached hydrogens (primary N) is 1. The third kappa shape index (κ3) is 7.39. The highest BCUT2D eigenvalue weighted by Crippen LogP contribution is 2.29. The van der Waals surface area contributed by atoms with Crippen LogP contribution in [0, 0.1) is 5.82 Å². The Bertz CT molecular complexity index is 1310. The van der Waals surface area contributed by atoms with Crippen LogP contribution in [0.3, 0.4) is 0 Å². The summed E-state index contributed by atoms with van der Waals surface area (Å²) in [6.07, 6.45) is -0.604. The van der Waals surface area contributed by atoms with E-state index in [1.807, 2.05) is 0 Å². The number of ether oxygens (including phenoxy) is 2. The molecular formula is C27H26FN3O6. The molecule has 0 aliphatic rings. The van der Waals surface area contributed by atoms with Crippen molar-refractivity contribution in [3.8, 4) is 5.75 Å². The molecule has 0 aliphatic heterocycles. The molecule has 9 nitrogen and oxygen atoms in total. The van der Waals surface area contributed by atoms with E-state index < -0.39 is 35.8 Å². The van der Waals surface area contributed by atoms with Gasteiger partial charge in [-0.2, -0.15) is 0 Å². The number of aromatic hydroxyl groups is 1. The first kappa shape index (κ1) is 26.9. The van der Waals surface area contributed by atoms with E-state index in [9.17, 15) is 23.9 Å². The Morgan fingerprint density at radius 2 is 1.73 bits per heavy atom. The van der Waals surface area contributed by atoms with Crippen LogP contribution in [-0.4, -0.2) is 36.1 Å². The zero-order valence-electron chi connectivity index (χ0n) is 20.1. The molecule has 3 rings (SSSR count). The smallest absolute Gasteiger partial charge is 0.412 e. The first-order chi connectivity index (χ1) is 17.7. The summed E-state index contributed by atoms with van der Waals surface area (Å²) in [5, 5.41) is 14.7. The van der Waals surface area contributed by atoms with E-state index in [4.69, 9.17) is 15.2 Å². The zero-order chi connectivity index (χ0) is 26.9. The summed E-state index contributed by atoms with van der Waals surface area (Å²) in [6, 6.07) is 16.3. The van der Waals surface area contributed by atoms with Gasteiger partial charge in [-0.3, -0.25) is 14.9 Å². The van der Waals surface area contributed by atoms with Crippen LogP contribution in [0.1, 0.15) is 28.9 Å². The largest absolute Gasteiger partial charge is 0.505 e.